The summed E-state index contributed by atoms with van der Waals surface area (Å²) in [6, 6.07) is 5.82. The molecule has 0 spiro atoms. The highest BCUT2D eigenvalue weighted by Gasteiger charge is 2.30. The van der Waals surface area contributed by atoms with Crippen molar-refractivity contribution >= 4 is 11.8 Å². The molecule has 20 heavy (non-hydrogen) atoms. The average Bonchev–Trinajstić information content (AvgIpc) is 2.37. The van der Waals surface area contributed by atoms with Crippen LogP contribution in [0.4, 0.5) is 13.2 Å². The number of hydrogen-bond acceptors (Lipinski definition) is 4. The zero-order valence-electron chi connectivity index (χ0n) is 11.3. The van der Waals surface area contributed by atoms with Crippen molar-refractivity contribution in [1.82, 2.24) is 5.32 Å². The molecule has 0 amide bonds. The molecule has 0 aliphatic carbocycles. The van der Waals surface area contributed by atoms with Gasteiger partial charge in [-0.3, -0.25) is 0 Å². The molecule has 2 N–H and O–H groups in total. The van der Waals surface area contributed by atoms with Crippen molar-refractivity contribution in [3.05, 3.63) is 29.8 Å². The molecule has 2 atom stereocenters. The monoisotopic (exact) mass is 309 g/mol. The van der Waals surface area contributed by atoms with Crippen molar-refractivity contribution < 1.29 is 23.0 Å². The molecule has 0 aliphatic rings. The van der Waals surface area contributed by atoms with Gasteiger partial charge >= 0.3 is 6.36 Å². The van der Waals surface area contributed by atoms with Crippen LogP contribution >= 0.6 is 11.8 Å². The first-order valence-corrected chi connectivity index (χ1v) is 7.36. The minimum atomic E-state index is -4.67. The maximum atomic E-state index is 12.0. The Bertz CT molecular complexity index is 394. The van der Waals surface area contributed by atoms with E-state index in [-0.39, 0.29) is 23.6 Å². The predicted octanol–water partition coefficient (Wildman–Crippen LogP) is 2.79. The van der Waals surface area contributed by atoms with Crippen LogP contribution in [-0.4, -0.2) is 35.6 Å². The second-order valence-electron chi connectivity index (χ2n) is 4.32. The lowest BCUT2D eigenvalue weighted by Gasteiger charge is -2.21. The van der Waals surface area contributed by atoms with Gasteiger partial charge in [0.1, 0.15) is 5.75 Å². The van der Waals surface area contributed by atoms with Crippen LogP contribution in [0, 0.1) is 0 Å². The van der Waals surface area contributed by atoms with E-state index in [4.69, 9.17) is 5.11 Å². The van der Waals surface area contributed by atoms with Crippen LogP contribution in [0.3, 0.4) is 0 Å². The number of nitrogens with one attached hydrogen (secondary N) is 1. The van der Waals surface area contributed by atoms with Gasteiger partial charge in [0, 0.05) is 17.8 Å². The van der Waals surface area contributed by atoms with E-state index in [2.05, 4.69) is 10.1 Å². The van der Waals surface area contributed by atoms with Gasteiger partial charge in [-0.1, -0.05) is 12.1 Å². The lowest BCUT2D eigenvalue weighted by Crippen LogP contribution is -2.37. The first-order chi connectivity index (χ1) is 9.35. The van der Waals surface area contributed by atoms with Crippen molar-refractivity contribution in [3.8, 4) is 5.75 Å². The molecule has 1 rings (SSSR count). The average molecular weight is 309 g/mol. The van der Waals surface area contributed by atoms with Crippen LogP contribution in [0.15, 0.2) is 24.3 Å². The van der Waals surface area contributed by atoms with Crippen molar-refractivity contribution in [2.75, 3.05) is 12.9 Å². The summed E-state index contributed by atoms with van der Waals surface area (Å²) < 4.78 is 39.8. The molecule has 0 saturated carbocycles. The summed E-state index contributed by atoms with van der Waals surface area (Å²) in [7, 11) is 0. The largest absolute Gasteiger partial charge is 0.573 e. The molecule has 3 nitrogen and oxygen atoms in total. The Morgan fingerprint density at radius 2 is 1.90 bits per heavy atom. The topological polar surface area (TPSA) is 41.5 Å². The van der Waals surface area contributed by atoms with Crippen LogP contribution in [-0.2, 0) is 6.54 Å². The standard InChI is InChI=1S/C13H18F3NO2S/c1-9(12(8-18)20-2)17-7-10-3-5-11(6-4-10)19-13(14,15)16/h3-6,9,12,17-18H,7-8H2,1-2H3. The molecule has 7 heteroatoms. The van der Waals surface area contributed by atoms with Crippen LogP contribution in [0.25, 0.3) is 0 Å². The zero-order valence-corrected chi connectivity index (χ0v) is 12.1. The van der Waals surface area contributed by atoms with E-state index in [9.17, 15) is 13.2 Å². The van der Waals surface area contributed by atoms with Crippen LogP contribution in [0.1, 0.15) is 12.5 Å². The Morgan fingerprint density at radius 3 is 2.35 bits per heavy atom. The van der Waals surface area contributed by atoms with Crippen molar-refractivity contribution in [3.63, 3.8) is 0 Å². The third-order valence-corrected chi connectivity index (χ3v) is 3.99. The molecular weight excluding hydrogens is 291 g/mol. The quantitative estimate of drug-likeness (QED) is 0.813. The van der Waals surface area contributed by atoms with Gasteiger partial charge in [-0.15, -0.1) is 13.2 Å². The number of benzene rings is 1. The lowest BCUT2D eigenvalue weighted by atomic mass is 10.2. The first-order valence-electron chi connectivity index (χ1n) is 6.07. The number of ether oxygens (including phenoxy) is 1. The zero-order chi connectivity index (χ0) is 15.2. The molecule has 0 saturated heterocycles. The van der Waals surface area contributed by atoms with Gasteiger partial charge < -0.3 is 15.2 Å². The summed E-state index contributed by atoms with van der Waals surface area (Å²) in [6.07, 6.45) is -2.75. The predicted molar refractivity (Wildman–Crippen MR) is 73.8 cm³/mol. The number of hydrogen-bond donors (Lipinski definition) is 2. The molecule has 114 valence electrons. The van der Waals surface area contributed by atoms with Gasteiger partial charge in [-0.2, -0.15) is 11.8 Å². The van der Waals surface area contributed by atoms with Gasteiger partial charge in [0.2, 0.25) is 0 Å². The van der Waals surface area contributed by atoms with Crippen LogP contribution < -0.4 is 10.1 Å². The summed E-state index contributed by atoms with van der Waals surface area (Å²) in [5.41, 5.74) is 0.851. The van der Waals surface area contributed by atoms with Crippen molar-refractivity contribution in [2.45, 2.75) is 31.1 Å². The summed E-state index contributed by atoms with van der Waals surface area (Å²) in [4.78, 5) is 0. The first kappa shape index (κ1) is 17.1. The summed E-state index contributed by atoms with van der Waals surface area (Å²) >= 11 is 1.56. The fourth-order valence-electron chi connectivity index (χ4n) is 1.66. The maximum Gasteiger partial charge on any atom is 0.573 e. The van der Waals surface area contributed by atoms with Crippen LogP contribution in [0.5, 0.6) is 5.75 Å². The molecule has 1 aromatic carbocycles. The molecule has 0 fully saturated rings. The maximum absolute atomic E-state index is 12.0. The normalized spacial score (nSPS) is 14.9. The number of halogens is 3. The minimum absolute atomic E-state index is 0.0771. The smallest absolute Gasteiger partial charge is 0.406 e. The van der Waals surface area contributed by atoms with Gasteiger partial charge in [0.15, 0.2) is 0 Å². The summed E-state index contributed by atoms with van der Waals surface area (Å²) in [6.45, 7) is 2.55. The number of rotatable bonds is 7. The van der Waals surface area contributed by atoms with Gasteiger partial charge in [-0.25, -0.2) is 0 Å². The van der Waals surface area contributed by atoms with E-state index < -0.39 is 6.36 Å². The van der Waals surface area contributed by atoms with Crippen LogP contribution in [0.2, 0.25) is 0 Å². The molecule has 0 aliphatic heterocycles. The highest BCUT2D eigenvalue weighted by atomic mass is 32.2. The SMILES string of the molecule is CSC(CO)C(C)NCc1ccc(OC(F)(F)F)cc1. The van der Waals surface area contributed by atoms with E-state index in [0.29, 0.717) is 6.54 Å². The lowest BCUT2D eigenvalue weighted by molar-refractivity contribution is -0.274. The Hall–Kier alpha value is -0.920. The van der Waals surface area contributed by atoms with E-state index in [0.717, 1.165) is 5.56 Å². The Kier molecular flexibility index (Phi) is 6.64. The molecule has 0 aromatic heterocycles. The molecular formula is C13H18F3NO2S. The number of alkyl halides is 3. The van der Waals surface area contributed by atoms with Gasteiger partial charge in [0.05, 0.1) is 6.61 Å². The fourth-order valence-corrected chi connectivity index (χ4v) is 2.31. The Balaban J connectivity index is 2.49. The number of aliphatic hydroxyl groups is 1. The molecule has 0 radical (unpaired) electrons. The minimum Gasteiger partial charge on any atom is -0.406 e. The fraction of sp³-hybridized carbons (Fsp3) is 0.538. The van der Waals surface area contributed by atoms with Gasteiger partial charge in [-0.05, 0) is 30.9 Å². The summed E-state index contributed by atoms with van der Waals surface area (Å²) in [5.74, 6) is -0.230. The highest BCUT2D eigenvalue weighted by molar-refractivity contribution is 7.99. The third kappa shape index (κ3) is 6.02. The third-order valence-electron chi connectivity index (χ3n) is 2.83. The molecule has 2 unspecified atom stereocenters. The summed E-state index contributed by atoms with van der Waals surface area (Å²) in [5, 5.41) is 12.5. The van der Waals surface area contributed by atoms with Crippen molar-refractivity contribution in [1.29, 1.82) is 0 Å². The second kappa shape index (κ2) is 7.75. The molecule has 1 aromatic rings. The Labute approximate surface area is 120 Å². The van der Waals surface area contributed by atoms with E-state index in [1.807, 2.05) is 13.2 Å². The number of thioether (sulfide) groups is 1. The van der Waals surface area contributed by atoms with E-state index >= 15 is 0 Å². The van der Waals surface area contributed by atoms with E-state index in [1.165, 1.54) is 12.1 Å². The van der Waals surface area contributed by atoms with Crippen molar-refractivity contribution in [2.24, 2.45) is 0 Å². The van der Waals surface area contributed by atoms with E-state index in [1.54, 1.807) is 23.9 Å². The molecule has 0 heterocycles. The molecule has 0 bridgehead atoms. The van der Waals surface area contributed by atoms with Gasteiger partial charge in [0.25, 0.3) is 0 Å². The highest BCUT2D eigenvalue weighted by Crippen LogP contribution is 2.22. The Morgan fingerprint density at radius 1 is 1.30 bits per heavy atom. The second-order valence-corrected chi connectivity index (χ2v) is 5.39. The number of aliphatic hydroxyl groups excluding tert-OH is 1.